The fraction of sp³-hybridized carbons (Fsp3) is 0.710. The molecule has 7 heteroatoms. The van der Waals surface area contributed by atoms with E-state index in [9.17, 15) is 14.7 Å². The average molecular weight is 521 g/mol. The summed E-state index contributed by atoms with van der Waals surface area (Å²) in [5, 5.41) is 9.64. The molecule has 4 aliphatic rings. The van der Waals surface area contributed by atoms with Crippen LogP contribution in [0.15, 0.2) is 29.1 Å². The summed E-state index contributed by atoms with van der Waals surface area (Å²) in [4.78, 5) is 35.0. The van der Waals surface area contributed by atoms with Gasteiger partial charge in [-0.3, -0.25) is 9.69 Å². The van der Waals surface area contributed by atoms with E-state index in [1.165, 1.54) is 38.5 Å². The van der Waals surface area contributed by atoms with Gasteiger partial charge in [0.25, 0.3) is 5.56 Å². The van der Waals surface area contributed by atoms with Crippen molar-refractivity contribution in [2.75, 3.05) is 18.0 Å². The molecule has 2 saturated heterocycles. The highest BCUT2D eigenvalue weighted by atomic mass is 16.4. The third kappa shape index (κ3) is 4.65. The van der Waals surface area contributed by atoms with Crippen LogP contribution in [-0.2, 0) is 4.79 Å². The highest BCUT2D eigenvalue weighted by Gasteiger charge is 2.41. The first-order valence-electron chi connectivity index (χ1n) is 15.2. The standard InChI is InChI=1S/C31H44N4O3/c1-3-7-23-19-25(12-14-33(23)24-9-6-8-22-17-21(18-24)16-20(22)2)35-27-11-5-4-10-26(27)32-29(30(35)36)34-15-13-28(34)31(37)38/h4-5,10-11,20-25,28H,3,6-9,12-19H2,1-2H3,(H,37,38)/t20?,21-,22-,23-,24+,25-,28+/m1/s1. The molecule has 6 rings (SSSR count). The number of carbonyl (C=O) groups is 1. The van der Waals surface area contributed by atoms with E-state index in [0.29, 0.717) is 30.9 Å². The summed E-state index contributed by atoms with van der Waals surface area (Å²) in [5.74, 6) is 2.15. The molecule has 206 valence electrons. The molecule has 2 bridgehead atoms. The smallest absolute Gasteiger partial charge is 0.326 e. The van der Waals surface area contributed by atoms with E-state index >= 15 is 0 Å². The van der Waals surface area contributed by atoms with Crippen LogP contribution >= 0.6 is 0 Å². The SMILES string of the molecule is CCC[C@@H]1C[C@H](n2c(=O)c(N3CC[C@H]3C(=O)O)nc3ccccc32)CCN1[C@H]1CCC[C@@H]2C[C@@H](CC2C)C1. The Morgan fingerprint density at radius 1 is 1.03 bits per heavy atom. The third-order valence-electron chi connectivity index (χ3n) is 10.4. The summed E-state index contributed by atoms with van der Waals surface area (Å²) < 4.78 is 1.98. The molecule has 0 radical (unpaired) electrons. The maximum atomic E-state index is 14.0. The average Bonchev–Trinajstić information content (AvgIpc) is 3.23. The lowest BCUT2D eigenvalue weighted by Gasteiger charge is -2.46. The summed E-state index contributed by atoms with van der Waals surface area (Å²) in [6.45, 7) is 6.35. The summed E-state index contributed by atoms with van der Waals surface area (Å²) in [5.41, 5.74) is 1.53. The van der Waals surface area contributed by atoms with E-state index in [1.54, 1.807) is 4.90 Å². The number of carboxylic acids is 1. The number of para-hydroxylation sites is 2. The normalized spacial score (nSPS) is 34.1. The molecule has 1 N–H and O–H groups in total. The lowest BCUT2D eigenvalue weighted by molar-refractivity contribution is -0.140. The van der Waals surface area contributed by atoms with Crippen LogP contribution in [-0.4, -0.2) is 56.7 Å². The summed E-state index contributed by atoms with van der Waals surface area (Å²) in [6, 6.07) is 8.49. The molecule has 0 spiro atoms. The van der Waals surface area contributed by atoms with Crippen molar-refractivity contribution < 1.29 is 9.90 Å². The van der Waals surface area contributed by atoms with Gasteiger partial charge in [0, 0.05) is 31.2 Å². The van der Waals surface area contributed by atoms with Crippen LogP contribution in [0.5, 0.6) is 0 Å². The van der Waals surface area contributed by atoms with Gasteiger partial charge in [-0.2, -0.15) is 0 Å². The van der Waals surface area contributed by atoms with E-state index < -0.39 is 12.0 Å². The van der Waals surface area contributed by atoms with E-state index in [4.69, 9.17) is 4.98 Å². The number of piperidine rings is 1. The fourth-order valence-electron chi connectivity index (χ4n) is 8.46. The Morgan fingerprint density at radius 2 is 1.87 bits per heavy atom. The number of anilines is 1. The van der Waals surface area contributed by atoms with Crippen molar-refractivity contribution in [2.24, 2.45) is 17.8 Å². The lowest BCUT2D eigenvalue weighted by atomic mass is 9.84. The second-order valence-corrected chi connectivity index (χ2v) is 12.7. The first kappa shape index (κ1) is 25.8. The molecule has 2 aliphatic carbocycles. The Bertz CT molecular complexity index is 1230. The molecule has 1 aromatic heterocycles. The fourth-order valence-corrected chi connectivity index (χ4v) is 8.46. The van der Waals surface area contributed by atoms with Crippen molar-refractivity contribution in [3.63, 3.8) is 0 Å². The predicted octanol–water partition coefficient (Wildman–Crippen LogP) is 5.47. The first-order valence-corrected chi connectivity index (χ1v) is 15.2. The highest BCUT2D eigenvalue weighted by Crippen LogP contribution is 2.45. The Kier molecular flexibility index (Phi) is 7.23. The molecule has 3 heterocycles. The van der Waals surface area contributed by atoms with E-state index in [2.05, 4.69) is 18.7 Å². The predicted molar refractivity (Wildman–Crippen MR) is 151 cm³/mol. The number of hydrogen-bond acceptors (Lipinski definition) is 5. The molecule has 2 aliphatic heterocycles. The van der Waals surface area contributed by atoms with Gasteiger partial charge in [-0.15, -0.1) is 0 Å². The molecule has 7 nitrogen and oxygen atoms in total. The molecule has 2 saturated carbocycles. The molecule has 0 amide bonds. The Labute approximate surface area is 226 Å². The number of fused-ring (bicyclic) bond motifs is 3. The molecule has 7 atom stereocenters. The maximum absolute atomic E-state index is 14.0. The van der Waals surface area contributed by atoms with Gasteiger partial charge in [0.05, 0.1) is 11.0 Å². The van der Waals surface area contributed by atoms with Crippen molar-refractivity contribution in [3.8, 4) is 0 Å². The topological polar surface area (TPSA) is 78.7 Å². The van der Waals surface area contributed by atoms with Crippen molar-refractivity contribution in [1.82, 2.24) is 14.5 Å². The Hall–Kier alpha value is -2.41. The number of carboxylic acid groups (broad SMARTS) is 1. The van der Waals surface area contributed by atoms with Crippen LogP contribution in [0.1, 0.15) is 90.5 Å². The van der Waals surface area contributed by atoms with Gasteiger partial charge in [-0.1, -0.05) is 45.2 Å². The zero-order valence-electron chi connectivity index (χ0n) is 23.1. The van der Waals surface area contributed by atoms with Gasteiger partial charge in [0.1, 0.15) is 6.04 Å². The molecule has 1 unspecified atom stereocenters. The van der Waals surface area contributed by atoms with Gasteiger partial charge >= 0.3 is 5.97 Å². The summed E-state index contributed by atoms with van der Waals surface area (Å²) >= 11 is 0. The van der Waals surface area contributed by atoms with Crippen LogP contribution in [0.2, 0.25) is 0 Å². The van der Waals surface area contributed by atoms with Crippen LogP contribution in [0.25, 0.3) is 11.0 Å². The maximum Gasteiger partial charge on any atom is 0.326 e. The number of likely N-dealkylation sites (tertiary alicyclic amines) is 1. The summed E-state index contributed by atoms with van der Waals surface area (Å²) in [6.07, 6.45) is 13.1. The minimum Gasteiger partial charge on any atom is -0.480 e. The minimum atomic E-state index is -0.879. The van der Waals surface area contributed by atoms with Crippen LogP contribution in [0, 0.1) is 17.8 Å². The van der Waals surface area contributed by atoms with Crippen molar-refractivity contribution in [3.05, 3.63) is 34.6 Å². The number of aliphatic carboxylic acids is 1. The Balaban J connectivity index is 1.30. The number of rotatable bonds is 6. The quantitative estimate of drug-likeness (QED) is 0.544. The molecular weight excluding hydrogens is 476 g/mol. The summed E-state index contributed by atoms with van der Waals surface area (Å²) in [7, 11) is 0. The number of nitrogens with zero attached hydrogens (tertiary/aromatic N) is 4. The van der Waals surface area contributed by atoms with Crippen molar-refractivity contribution in [1.29, 1.82) is 0 Å². The first-order chi connectivity index (χ1) is 18.4. The van der Waals surface area contributed by atoms with Crippen LogP contribution in [0.4, 0.5) is 5.82 Å². The lowest BCUT2D eigenvalue weighted by Crippen LogP contribution is -2.55. The number of hydrogen-bond donors (Lipinski definition) is 1. The van der Waals surface area contributed by atoms with E-state index in [1.807, 2.05) is 28.8 Å². The van der Waals surface area contributed by atoms with Gasteiger partial charge in [-0.05, 0) is 81.3 Å². The highest BCUT2D eigenvalue weighted by molar-refractivity contribution is 5.81. The molecule has 2 aromatic rings. The molecule has 1 aromatic carbocycles. The second-order valence-electron chi connectivity index (χ2n) is 12.7. The molecular formula is C31H44N4O3. The van der Waals surface area contributed by atoms with Gasteiger partial charge in [0.15, 0.2) is 5.82 Å². The Morgan fingerprint density at radius 3 is 2.63 bits per heavy atom. The monoisotopic (exact) mass is 520 g/mol. The van der Waals surface area contributed by atoms with Crippen molar-refractivity contribution in [2.45, 2.75) is 109 Å². The van der Waals surface area contributed by atoms with E-state index in [0.717, 1.165) is 61.0 Å². The molecule has 38 heavy (non-hydrogen) atoms. The van der Waals surface area contributed by atoms with Gasteiger partial charge < -0.3 is 14.6 Å². The minimum absolute atomic E-state index is 0.107. The third-order valence-corrected chi connectivity index (χ3v) is 10.4. The largest absolute Gasteiger partial charge is 0.480 e. The van der Waals surface area contributed by atoms with E-state index in [-0.39, 0.29) is 11.6 Å². The zero-order chi connectivity index (χ0) is 26.4. The van der Waals surface area contributed by atoms with Crippen LogP contribution in [0.3, 0.4) is 0 Å². The number of benzene rings is 1. The second kappa shape index (κ2) is 10.6. The van der Waals surface area contributed by atoms with Gasteiger partial charge in [0.2, 0.25) is 0 Å². The van der Waals surface area contributed by atoms with Crippen LogP contribution < -0.4 is 10.5 Å². The zero-order valence-corrected chi connectivity index (χ0v) is 23.1. The number of aromatic nitrogens is 2. The molecule has 4 fully saturated rings. The van der Waals surface area contributed by atoms with Crippen molar-refractivity contribution >= 4 is 22.8 Å². The van der Waals surface area contributed by atoms with Gasteiger partial charge in [-0.25, -0.2) is 9.78 Å².